The summed E-state index contributed by atoms with van der Waals surface area (Å²) in [6.45, 7) is 8.58. The normalized spacial score (nSPS) is 23.9. The van der Waals surface area contributed by atoms with E-state index in [4.69, 9.17) is 33.3 Å². The zero-order valence-electron chi connectivity index (χ0n) is 33.9. The lowest BCUT2D eigenvalue weighted by molar-refractivity contribution is -0.255. The number of carbonyl (C=O) groups excluding carboxylic acids is 2. The Labute approximate surface area is 335 Å². The number of nitrogens with zero attached hydrogens (tertiary/aromatic N) is 2. The molecule has 0 saturated heterocycles. The summed E-state index contributed by atoms with van der Waals surface area (Å²) in [5.74, 6) is -0.376. The molecule has 3 aliphatic rings. The first-order chi connectivity index (χ1) is 27.7. The number of anilines is 1. The number of hydrogen-bond acceptors (Lipinski definition) is 12. The molecule has 14 nitrogen and oxygen atoms in total. The highest BCUT2D eigenvalue weighted by Gasteiger charge is 2.65. The Kier molecular flexibility index (Phi) is 15.6. The van der Waals surface area contributed by atoms with E-state index in [0.29, 0.717) is 60.2 Å². The van der Waals surface area contributed by atoms with Crippen molar-refractivity contribution in [3.05, 3.63) is 66.3 Å². The van der Waals surface area contributed by atoms with Crippen LogP contribution in [0.2, 0.25) is 0 Å². The second-order valence-electron chi connectivity index (χ2n) is 14.4. The predicted octanol–water partition coefficient (Wildman–Crippen LogP) is 7.45. The molecule has 2 aromatic carbocycles. The first-order valence-corrected chi connectivity index (χ1v) is 20.0. The van der Waals surface area contributed by atoms with Crippen molar-refractivity contribution in [1.82, 2.24) is 4.90 Å². The minimum absolute atomic E-state index is 0.00394. The number of nitrogens with one attached hydrogen (secondary N) is 1. The van der Waals surface area contributed by atoms with Crippen LogP contribution < -0.4 is 24.3 Å². The van der Waals surface area contributed by atoms with Crippen LogP contribution in [0, 0.1) is 17.8 Å². The van der Waals surface area contributed by atoms with Crippen molar-refractivity contribution >= 4 is 23.6 Å². The van der Waals surface area contributed by atoms with Gasteiger partial charge in [0.2, 0.25) is 5.79 Å². The third-order valence-electron chi connectivity index (χ3n) is 11.0. The van der Waals surface area contributed by atoms with Crippen LogP contribution in [0.5, 0.6) is 23.0 Å². The molecule has 0 bridgehead atoms. The lowest BCUT2D eigenvalue weighted by Gasteiger charge is -2.59. The van der Waals surface area contributed by atoms with E-state index in [-0.39, 0.29) is 50.6 Å². The summed E-state index contributed by atoms with van der Waals surface area (Å²) in [7, 11) is 4.56. The lowest BCUT2D eigenvalue weighted by atomic mass is 9.55. The first-order valence-electron chi connectivity index (χ1n) is 20.0. The Balaban J connectivity index is 1.69. The van der Waals surface area contributed by atoms with Crippen molar-refractivity contribution < 1.29 is 53.1 Å². The maximum Gasteiger partial charge on any atom is 0.417 e. The van der Waals surface area contributed by atoms with Gasteiger partial charge in [-0.2, -0.15) is 0 Å². The van der Waals surface area contributed by atoms with Gasteiger partial charge in [0.15, 0.2) is 0 Å². The summed E-state index contributed by atoms with van der Waals surface area (Å²) in [5.41, 5.74) is 2.79. The lowest BCUT2D eigenvalue weighted by Crippen LogP contribution is -2.70. The molecule has 2 amide bonds. The molecule has 2 aliphatic carbocycles. The summed E-state index contributed by atoms with van der Waals surface area (Å²) >= 11 is 0. The van der Waals surface area contributed by atoms with E-state index >= 15 is 0 Å². The Morgan fingerprint density at radius 1 is 1.02 bits per heavy atom. The maximum atomic E-state index is 13.8. The van der Waals surface area contributed by atoms with E-state index in [1.54, 1.807) is 55.3 Å². The molecule has 2 aromatic rings. The molecule has 14 heteroatoms. The van der Waals surface area contributed by atoms with Crippen molar-refractivity contribution in [2.45, 2.75) is 83.0 Å². The van der Waals surface area contributed by atoms with Crippen LogP contribution >= 0.6 is 0 Å². The fraction of sp³-hybridized carbons (Fsp3) is 0.558. The monoisotopic (exact) mass is 793 g/mol. The quantitative estimate of drug-likeness (QED) is 0.0693. The SMILES string of the molecule is C=CCOC12Oc3ccc(OC(=O)Nc4ccc(OC)cc4OC)cc3C3C(CCCCO)C(CCCCO)C=C(C(=NOC)CC1N(CCC)C(=O)OCC)C32. The fourth-order valence-electron chi connectivity index (χ4n) is 8.79. The van der Waals surface area contributed by atoms with Gasteiger partial charge < -0.3 is 43.5 Å². The minimum Gasteiger partial charge on any atom is -0.497 e. The molecule has 5 rings (SSSR count). The van der Waals surface area contributed by atoms with Gasteiger partial charge in [0, 0.05) is 43.7 Å². The van der Waals surface area contributed by atoms with Crippen LogP contribution in [0.1, 0.15) is 76.7 Å². The molecule has 6 atom stereocenters. The van der Waals surface area contributed by atoms with Gasteiger partial charge in [-0.3, -0.25) is 10.2 Å². The number of aliphatic hydroxyl groups excluding tert-OH is 2. The molecular weight excluding hydrogens is 734 g/mol. The van der Waals surface area contributed by atoms with Crippen LogP contribution in [0.4, 0.5) is 15.3 Å². The molecular formula is C43H59N3O11. The van der Waals surface area contributed by atoms with E-state index in [0.717, 1.165) is 36.8 Å². The number of allylic oxidation sites excluding steroid dienone is 1. The highest BCUT2D eigenvalue weighted by atomic mass is 16.7. The molecule has 0 aromatic heterocycles. The van der Waals surface area contributed by atoms with Gasteiger partial charge >= 0.3 is 12.2 Å². The molecule has 1 heterocycles. The Morgan fingerprint density at radius 3 is 2.44 bits per heavy atom. The number of oxime groups is 1. The van der Waals surface area contributed by atoms with E-state index in [1.807, 2.05) is 13.0 Å². The zero-order valence-corrected chi connectivity index (χ0v) is 33.9. The number of fused-ring (bicyclic) bond motifs is 2. The number of aliphatic hydroxyl groups is 2. The van der Waals surface area contributed by atoms with Gasteiger partial charge in [0.25, 0.3) is 0 Å². The number of unbranched alkanes of at least 4 members (excludes halogenated alkanes) is 2. The molecule has 6 unspecified atom stereocenters. The molecule has 1 saturated carbocycles. The maximum absolute atomic E-state index is 13.8. The van der Waals surface area contributed by atoms with Crippen LogP contribution in [0.15, 0.2) is 65.9 Å². The molecule has 1 fully saturated rings. The second kappa shape index (κ2) is 20.6. The standard InChI is InChI=1S/C43H59N3O11/c1-7-20-46(42(50)54-9-3)38-27-35(45-53-6)32-24-28(14-10-12-21-47)31(15-11-13-22-48)39-33-25-30(17-19-36(33)57-43(38,40(32)39)55-23-8-2)56-41(49)44-34-18-16-29(51-4)26-37(34)52-5/h8,16-19,24-26,28,31,38-40,47-48H,2,7,9-15,20-23,27H2,1,3-6H3,(H,44,49). The van der Waals surface area contributed by atoms with Crippen molar-refractivity contribution in [2.24, 2.45) is 22.9 Å². The summed E-state index contributed by atoms with van der Waals surface area (Å²) in [4.78, 5) is 34.4. The largest absolute Gasteiger partial charge is 0.497 e. The van der Waals surface area contributed by atoms with Crippen LogP contribution in [0.3, 0.4) is 0 Å². The van der Waals surface area contributed by atoms with E-state index in [9.17, 15) is 19.8 Å². The second-order valence-corrected chi connectivity index (χ2v) is 14.4. The topological polar surface area (TPSA) is 167 Å². The minimum atomic E-state index is -1.41. The van der Waals surface area contributed by atoms with Crippen molar-refractivity contribution in [3.63, 3.8) is 0 Å². The van der Waals surface area contributed by atoms with Crippen LogP contribution in [-0.4, -0.2) is 99.1 Å². The van der Waals surface area contributed by atoms with Gasteiger partial charge in [-0.25, -0.2) is 9.59 Å². The van der Waals surface area contributed by atoms with E-state index in [2.05, 4.69) is 23.1 Å². The smallest absolute Gasteiger partial charge is 0.417 e. The van der Waals surface area contributed by atoms with Crippen molar-refractivity contribution in [2.75, 3.05) is 59.6 Å². The number of methoxy groups -OCH3 is 2. The van der Waals surface area contributed by atoms with Gasteiger partial charge in [0.05, 0.1) is 44.8 Å². The average molecular weight is 794 g/mol. The third kappa shape index (κ3) is 9.51. The molecule has 3 N–H and O–H groups in total. The summed E-state index contributed by atoms with van der Waals surface area (Å²) in [5, 5.41) is 27.0. The first kappa shape index (κ1) is 43.3. The fourth-order valence-corrected chi connectivity index (χ4v) is 8.79. The number of benzene rings is 2. The highest BCUT2D eigenvalue weighted by Crippen LogP contribution is 2.62. The Bertz CT molecular complexity index is 1750. The van der Waals surface area contributed by atoms with Gasteiger partial charge in [0.1, 0.15) is 36.1 Å². The van der Waals surface area contributed by atoms with Crippen molar-refractivity contribution in [1.29, 1.82) is 0 Å². The number of rotatable bonds is 20. The molecule has 0 spiro atoms. The number of carbonyl (C=O) groups is 2. The Morgan fingerprint density at radius 2 is 1.77 bits per heavy atom. The molecule has 312 valence electrons. The molecule has 57 heavy (non-hydrogen) atoms. The van der Waals surface area contributed by atoms with Gasteiger partial charge in [-0.1, -0.05) is 37.1 Å². The molecule has 1 aliphatic heterocycles. The third-order valence-corrected chi connectivity index (χ3v) is 11.0. The molecule has 0 radical (unpaired) electrons. The zero-order chi connectivity index (χ0) is 41.0. The summed E-state index contributed by atoms with van der Waals surface area (Å²) in [6.07, 6.45) is 8.04. The number of hydrogen-bond donors (Lipinski definition) is 3. The highest BCUT2D eigenvalue weighted by molar-refractivity contribution is 6.03. The average Bonchev–Trinajstić information content (AvgIpc) is 3.21. The van der Waals surface area contributed by atoms with Crippen molar-refractivity contribution in [3.8, 4) is 23.0 Å². The summed E-state index contributed by atoms with van der Waals surface area (Å²) < 4.78 is 36.4. The number of ether oxygens (including phenoxy) is 6. The predicted molar refractivity (Wildman–Crippen MR) is 215 cm³/mol. The van der Waals surface area contributed by atoms with Crippen LogP contribution in [-0.2, 0) is 14.3 Å². The van der Waals surface area contributed by atoms with Crippen LogP contribution in [0.25, 0.3) is 0 Å². The van der Waals surface area contributed by atoms with Gasteiger partial charge in [-0.05, 0) is 86.8 Å². The van der Waals surface area contributed by atoms with E-state index in [1.165, 1.54) is 14.2 Å². The summed E-state index contributed by atoms with van der Waals surface area (Å²) in [6, 6.07) is 9.66. The van der Waals surface area contributed by atoms with E-state index < -0.39 is 29.9 Å². The number of amides is 2. The van der Waals surface area contributed by atoms with Gasteiger partial charge in [-0.15, -0.1) is 6.58 Å². The Hall–Kier alpha value is -4.79.